The van der Waals surface area contributed by atoms with Crippen LogP contribution in [-0.4, -0.2) is 37.2 Å². The Kier molecular flexibility index (Phi) is 52.0. The van der Waals surface area contributed by atoms with Crippen LogP contribution in [0.4, 0.5) is 0 Å². The van der Waals surface area contributed by atoms with Crippen molar-refractivity contribution in [1.29, 1.82) is 0 Å². The first-order chi connectivity index (χ1) is 33.5. The van der Waals surface area contributed by atoms with E-state index in [2.05, 4.69) is 124 Å². The molecule has 0 fully saturated rings. The molecule has 0 N–H and O–H groups in total. The third kappa shape index (κ3) is 52.8. The smallest absolute Gasteiger partial charge is 0.306 e. The Morgan fingerprint density at radius 1 is 0.324 bits per heavy atom. The number of carbonyl (C=O) groups is 3. The van der Waals surface area contributed by atoms with Crippen molar-refractivity contribution < 1.29 is 28.6 Å². The maximum Gasteiger partial charge on any atom is 0.306 e. The van der Waals surface area contributed by atoms with Crippen LogP contribution < -0.4 is 0 Å². The zero-order chi connectivity index (χ0) is 49.3. The first kappa shape index (κ1) is 63.8. The van der Waals surface area contributed by atoms with Crippen LogP contribution in [0, 0.1) is 0 Å². The largest absolute Gasteiger partial charge is 0.462 e. The van der Waals surface area contributed by atoms with Crippen molar-refractivity contribution in [3.63, 3.8) is 0 Å². The van der Waals surface area contributed by atoms with Crippen molar-refractivity contribution >= 4 is 17.9 Å². The van der Waals surface area contributed by atoms with Gasteiger partial charge in [0, 0.05) is 19.3 Å². The highest BCUT2D eigenvalue weighted by atomic mass is 16.6. The van der Waals surface area contributed by atoms with Crippen LogP contribution in [0.5, 0.6) is 0 Å². The average Bonchev–Trinajstić information content (AvgIpc) is 3.34. The molecule has 0 rings (SSSR count). The molecule has 0 aliphatic rings. The van der Waals surface area contributed by atoms with Gasteiger partial charge in [0.1, 0.15) is 13.2 Å². The Hall–Kier alpha value is -4.19. The second-order valence-corrected chi connectivity index (χ2v) is 17.8. The quantitative estimate of drug-likeness (QED) is 0.0199. The van der Waals surface area contributed by atoms with Gasteiger partial charge in [0.25, 0.3) is 0 Å². The van der Waals surface area contributed by atoms with Crippen LogP contribution in [0.15, 0.2) is 122 Å². The predicted molar refractivity (Wildman–Crippen MR) is 293 cm³/mol. The van der Waals surface area contributed by atoms with Gasteiger partial charge < -0.3 is 14.2 Å². The number of carbonyl (C=O) groups excluding carboxylic acids is 3. The summed E-state index contributed by atoms with van der Waals surface area (Å²) in [6.45, 7) is 6.32. The highest BCUT2D eigenvalue weighted by Crippen LogP contribution is 2.13. The van der Waals surface area contributed by atoms with Gasteiger partial charge >= 0.3 is 17.9 Å². The molecule has 0 spiro atoms. The van der Waals surface area contributed by atoms with Crippen LogP contribution in [-0.2, 0) is 28.6 Å². The van der Waals surface area contributed by atoms with Crippen molar-refractivity contribution in [3.05, 3.63) is 122 Å². The fourth-order valence-corrected chi connectivity index (χ4v) is 7.20. The summed E-state index contributed by atoms with van der Waals surface area (Å²) in [5, 5.41) is 0. The maximum absolute atomic E-state index is 12.8. The molecule has 0 radical (unpaired) electrons. The van der Waals surface area contributed by atoms with E-state index in [0.717, 1.165) is 135 Å². The molecule has 384 valence electrons. The van der Waals surface area contributed by atoms with Crippen molar-refractivity contribution in [1.82, 2.24) is 0 Å². The first-order valence-electron chi connectivity index (χ1n) is 27.6. The van der Waals surface area contributed by atoms with Crippen molar-refractivity contribution in [2.24, 2.45) is 0 Å². The molecule has 0 aliphatic carbocycles. The summed E-state index contributed by atoms with van der Waals surface area (Å²) in [6.07, 6.45) is 76.1. The summed E-state index contributed by atoms with van der Waals surface area (Å²) in [7, 11) is 0. The standard InChI is InChI=1S/C62H100O6/c1-4-7-10-13-16-19-22-25-28-30-31-32-35-37-40-43-46-49-52-55-61(64)67-58-59(57-66-60(63)54-51-48-45-42-39-36-33-27-24-21-18-15-12-9-6-3)68-62(65)56-53-50-47-44-41-38-34-29-26-23-20-17-14-11-8-5-2/h7,9-10,12,15-16,18-19,21,24-25,27-29,31-34,38,41,59H,4-6,8,11,13-14,17,20,22-23,26,30,35-37,39-40,42-58H2,1-3H3/b10-7-,12-9-,18-15-,19-16-,24-21-,28-25-,32-31-,33-27-,34-29-,41-38-. The molecule has 0 aliphatic heterocycles. The molecule has 0 saturated carbocycles. The van der Waals surface area contributed by atoms with Crippen molar-refractivity contribution in [3.8, 4) is 0 Å². The molecule has 0 bridgehead atoms. The van der Waals surface area contributed by atoms with Crippen LogP contribution in [0.3, 0.4) is 0 Å². The topological polar surface area (TPSA) is 78.9 Å². The summed E-state index contributed by atoms with van der Waals surface area (Å²) in [5.41, 5.74) is 0. The summed E-state index contributed by atoms with van der Waals surface area (Å²) >= 11 is 0. The number of unbranched alkanes of at least 4 members (excludes halogenated alkanes) is 21. The normalized spacial score (nSPS) is 13.0. The molecule has 0 aromatic rings. The summed E-state index contributed by atoms with van der Waals surface area (Å²) in [5.74, 6) is -0.974. The molecule has 1 unspecified atom stereocenters. The number of hydrogen-bond donors (Lipinski definition) is 0. The summed E-state index contributed by atoms with van der Waals surface area (Å²) in [6, 6.07) is 0. The summed E-state index contributed by atoms with van der Waals surface area (Å²) in [4.78, 5) is 38.1. The number of hydrogen-bond acceptors (Lipinski definition) is 6. The molecular weight excluding hydrogens is 841 g/mol. The van der Waals surface area contributed by atoms with Crippen LogP contribution in [0.25, 0.3) is 0 Å². The molecule has 1 atom stereocenters. The number of esters is 3. The Morgan fingerprint density at radius 2 is 0.647 bits per heavy atom. The van der Waals surface area contributed by atoms with E-state index < -0.39 is 6.10 Å². The first-order valence-corrected chi connectivity index (χ1v) is 27.6. The second kappa shape index (κ2) is 55.4. The molecule has 0 amide bonds. The molecule has 0 saturated heterocycles. The van der Waals surface area contributed by atoms with Gasteiger partial charge in [0.15, 0.2) is 6.10 Å². The fraction of sp³-hybridized carbons (Fsp3) is 0.629. The zero-order valence-electron chi connectivity index (χ0n) is 43.8. The Balaban J connectivity index is 4.51. The number of rotatable bonds is 48. The van der Waals surface area contributed by atoms with E-state index in [0.29, 0.717) is 12.8 Å². The van der Waals surface area contributed by atoms with Gasteiger partial charge in [0.2, 0.25) is 0 Å². The highest BCUT2D eigenvalue weighted by Gasteiger charge is 2.19. The van der Waals surface area contributed by atoms with Gasteiger partial charge in [-0.1, -0.05) is 232 Å². The van der Waals surface area contributed by atoms with Gasteiger partial charge in [-0.05, 0) is 103 Å². The minimum Gasteiger partial charge on any atom is -0.462 e. The van der Waals surface area contributed by atoms with Gasteiger partial charge in [-0.2, -0.15) is 0 Å². The fourth-order valence-electron chi connectivity index (χ4n) is 7.20. The van der Waals surface area contributed by atoms with Crippen molar-refractivity contribution in [2.75, 3.05) is 13.2 Å². The van der Waals surface area contributed by atoms with Gasteiger partial charge in [-0.15, -0.1) is 0 Å². The lowest BCUT2D eigenvalue weighted by Gasteiger charge is -2.18. The molecule has 6 heteroatoms. The third-order valence-electron chi connectivity index (χ3n) is 11.3. The minimum absolute atomic E-state index is 0.107. The average molecular weight is 941 g/mol. The van der Waals surface area contributed by atoms with E-state index >= 15 is 0 Å². The van der Waals surface area contributed by atoms with Gasteiger partial charge in [0.05, 0.1) is 0 Å². The monoisotopic (exact) mass is 941 g/mol. The lowest BCUT2D eigenvalue weighted by molar-refractivity contribution is -0.167. The molecule has 0 aromatic heterocycles. The number of ether oxygens (including phenoxy) is 3. The third-order valence-corrected chi connectivity index (χ3v) is 11.3. The molecular formula is C62H100O6. The lowest BCUT2D eigenvalue weighted by atomic mass is 10.1. The van der Waals surface area contributed by atoms with Gasteiger partial charge in [-0.3, -0.25) is 14.4 Å². The van der Waals surface area contributed by atoms with E-state index in [1.807, 2.05) is 18.2 Å². The van der Waals surface area contributed by atoms with E-state index in [1.165, 1.54) is 57.8 Å². The Morgan fingerprint density at radius 3 is 1.10 bits per heavy atom. The van der Waals surface area contributed by atoms with Gasteiger partial charge in [-0.25, -0.2) is 0 Å². The van der Waals surface area contributed by atoms with E-state index in [-0.39, 0.29) is 37.5 Å². The molecule has 6 nitrogen and oxygen atoms in total. The lowest BCUT2D eigenvalue weighted by Crippen LogP contribution is -2.30. The minimum atomic E-state index is -0.812. The van der Waals surface area contributed by atoms with Crippen molar-refractivity contribution in [2.45, 2.75) is 239 Å². The zero-order valence-corrected chi connectivity index (χ0v) is 43.8. The number of allylic oxidation sites excluding steroid dienone is 20. The van der Waals surface area contributed by atoms with Crippen LogP contribution in [0.2, 0.25) is 0 Å². The molecule has 0 aromatic carbocycles. The van der Waals surface area contributed by atoms with Crippen LogP contribution in [0.1, 0.15) is 233 Å². The highest BCUT2D eigenvalue weighted by molar-refractivity contribution is 5.71. The predicted octanol–water partition coefficient (Wildman–Crippen LogP) is 18.5. The van der Waals surface area contributed by atoms with Crippen LogP contribution >= 0.6 is 0 Å². The maximum atomic E-state index is 12.8. The summed E-state index contributed by atoms with van der Waals surface area (Å²) < 4.78 is 16.8. The Labute approximate surface area is 418 Å². The SMILES string of the molecule is CC\C=C/C=C\C=C/C=C\CCCCCCCC(=O)OCC(COC(=O)CCCCCCCC/C=C\C/C=C\C/C=C\C/C=C\CC)OC(=O)CCCCC/C=C\C=C/CCCCCCCCC. The van der Waals surface area contributed by atoms with E-state index in [4.69, 9.17) is 14.2 Å². The van der Waals surface area contributed by atoms with E-state index in [1.54, 1.807) is 0 Å². The molecule has 0 heterocycles. The Bertz CT molecular complexity index is 1450. The molecule has 68 heavy (non-hydrogen) atoms. The van der Waals surface area contributed by atoms with E-state index in [9.17, 15) is 14.4 Å². The second-order valence-electron chi connectivity index (χ2n) is 17.8.